The van der Waals surface area contributed by atoms with Gasteiger partial charge in [-0.25, -0.2) is 0 Å². The Morgan fingerprint density at radius 1 is 1.33 bits per heavy atom. The molecule has 1 aromatic carbocycles. The van der Waals surface area contributed by atoms with E-state index in [4.69, 9.17) is 4.52 Å². The molecule has 0 bridgehead atoms. The molecule has 2 aromatic rings. The van der Waals surface area contributed by atoms with Gasteiger partial charge in [-0.3, -0.25) is 4.79 Å². The fourth-order valence-corrected chi connectivity index (χ4v) is 2.39. The van der Waals surface area contributed by atoms with Crippen LogP contribution >= 0.6 is 0 Å². The minimum atomic E-state index is -0.397. The van der Waals surface area contributed by atoms with E-state index in [1.165, 1.54) is 0 Å². The van der Waals surface area contributed by atoms with Crippen LogP contribution in [0.4, 0.5) is 0 Å². The minimum Gasteiger partial charge on any atom is -0.393 e. The van der Waals surface area contributed by atoms with Crippen LogP contribution in [-0.4, -0.2) is 33.8 Å². The topological polar surface area (TPSA) is 88.2 Å². The largest absolute Gasteiger partial charge is 0.393 e. The van der Waals surface area contributed by atoms with Crippen molar-refractivity contribution in [3.05, 3.63) is 35.7 Å². The summed E-state index contributed by atoms with van der Waals surface area (Å²) in [5.41, 5.74) is 1.38. The summed E-state index contributed by atoms with van der Waals surface area (Å²) in [4.78, 5) is 16.5. The Hall–Kier alpha value is -2.21. The van der Waals surface area contributed by atoms with Crippen molar-refractivity contribution in [2.24, 2.45) is 5.92 Å². The van der Waals surface area contributed by atoms with E-state index in [9.17, 15) is 9.90 Å². The Morgan fingerprint density at radius 3 is 2.67 bits per heavy atom. The molecule has 0 spiro atoms. The van der Waals surface area contributed by atoms with Gasteiger partial charge in [0.15, 0.2) is 5.82 Å². The van der Waals surface area contributed by atoms with Crippen molar-refractivity contribution in [2.45, 2.75) is 45.1 Å². The summed E-state index contributed by atoms with van der Waals surface area (Å²) in [5, 5.41) is 16.6. The first-order valence-electron chi connectivity index (χ1n) is 8.45. The zero-order valence-corrected chi connectivity index (χ0v) is 14.0. The Bertz CT molecular complexity index is 690. The molecule has 1 heterocycles. The van der Waals surface area contributed by atoms with E-state index in [0.717, 1.165) is 24.2 Å². The fraction of sp³-hybridized carbons (Fsp3) is 0.500. The smallest absolute Gasteiger partial charge is 0.257 e. The predicted octanol–water partition coefficient (Wildman–Crippen LogP) is 2.75. The van der Waals surface area contributed by atoms with Gasteiger partial charge in [0.1, 0.15) is 0 Å². The van der Waals surface area contributed by atoms with Gasteiger partial charge in [0.05, 0.1) is 6.10 Å². The van der Waals surface area contributed by atoms with Crippen molar-refractivity contribution in [1.29, 1.82) is 0 Å². The molecule has 24 heavy (non-hydrogen) atoms. The lowest BCUT2D eigenvalue weighted by Crippen LogP contribution is -2.28. The van der Waals surface area contributed by atoms with Gasteiger partial charge in [0.2, 0.25) is 0 Å². The number of hydrogen-bond donors (Lipinski definition) is 2. The van der Waals surface area contributed by atoms with E-state index in [-0.39, 0.29) is 11.8 Å². The summed E-state index contributed by atoms with van der Waals surface area (Å²) >= 11 is 0. The molecule has 1 aromatic heterocycles. The summed E-state index contributed by atoms with van der Waals surface area (Å²) in [6, 6.07) is 7.10. The SMILES string of the molecule is CC(C)[C@H](O)CCNC(=O)c1ccc(-c2nc(C3CC3)no2)cc1. The number of aliphatic hydroxyl groups is 1. The molecule has 1 fully saturated rings. The molecule has 6 heteroatoms. The van der Waals surface area contributed by atoms with E-state index in [2.05, 4.69) is 15.5 Å². The molecular formula is C18H23N3O3. The molecule has 1 aliphatic rings. The first-order valence-corrected chi connectivity index (χ1v) is 8.45. The first kappa shape index (κ1) is 16.6. The Labute approximate surface area is 141 Å². The molecule has 6 nitrogen and oxygen atoms in total. The molecule has 0 saturated heterocycles. The van der Waals surface area contributed by atoms with Crippen molar-refractivity contribution in [3.8, 4) is 11.5 Å². The fourth-order valence-electron chi connectivity index (χ4n) is 2.39. The second kappa shape index (κ2) is 7.13. The van der Waals surface area contributed by atoms with Gasteiger partial charge in [-0.2, -0.15) is 4.98 Å². The summed E-state index contributed by atoms with van der Waals surface area (Å²) in [6.45, 7) is 4.36. The Balaban J connectivity index is 1.56. The standard InChI is InChI=1S/C18H23N3O3/c1-11(2)15(22)9-10-19-17(23)13-5-7-14(8-6-13)18-20-16(21-24-18)12-3-4-12/h5-8,11-12,15,22H,3-4,9-10H2,1-2H3,(H,19,23)/t15-/m1/s1. The zero-order chi connectivity index (χ0) is 17.1. The van der Waals surface area contributed by atoms with Gasteiger partial charge in [0.25, 0.3) is 11.8 Å². The normalized spacial score (nSPS) is 15.5. The number of aliphatic hydroxyl groups excluding tert-OH is 1. The van der Waals surface area contributed by atoms with Crippen LogP contribution in [0.3, 0.4) is 0 Å². The average Bonchev–Trinajstić information content (AvgIpc) is 3.32. The van der Waals surface area contributed by atoms with Crippen molar-refractivity contribution in [3.63, 3.8) is 0 Å². The van der Waals surface area contributed by atoms with Crippen molar-refractivity contribution in [1.82, 2.24) is 15.5 Å². The highest BCUT2D eigenvalue weighted by molar-refractivity contribution is 5.94. The van der Waals surface area contributed by atoms with Crippen LogP contribution in [0.25, 0.3) is 11.5 Å². The lowest BCUT2D eigenvalue weighted by Gasteiger charge is -2.14. The number of carbonyl (C=O) groups excluding carboxylic acids is 1. The predicted molar refractivity (Wildman–Crippen MR) is 89.5 cm³/mol. The number of amides is 1. The number of benzene rings is 1. The van der Waals surface area contributed by atoms with Crippen molar-refractivity contribution < 1.29 is 14.4 Å². The van der Waals surface area contributed by atoms with Gasteiger partial charge in [-0.15, -0.1) is 0 Å². The van der Waals surface area contributed by atoms with Crippen LogP contribution in [0.15, 0.2) is 28.8 Å². The van der Waals surface area contributed by atoms with E-state index >= 15 is 0 Å². The third kappa shape index (κ3) is 4.00. The third-order valence-electron chi connectivity index (χ3n) is 4.27. The van der Waals surface area contributed by atoms with Gasteiger partial charge >= 0.3 is 0 Å². The molecule has 0 unspecified atom stereocenters. The number of nitrogens with one attached hydrogen (secondary N) is 1. The highest BCUT2D eigenvalue weighted by Gasteiger charge is 2.28. The zero-order valence-electron chi connectivity index (χ0n) is 14.0. The number of nitrogens with zero attached hydrogens (tertiary/aromatic N) is 2. The van der Waals surface area contributed by atoms with Crippen LogP contribution in [0.2, 0.25) is 0 Å². The second-order valence-electron chi connectivity index (χ2n) is 6.67. The van der Waals surface area contributed by atoms with E-state index < -0.39 is 6.10 Å². The van der Waals surface area contributed by atoms with Crippen molar-refractivity contribution >= 4 is 5.91 Å². The quantitative estimate of drug-likeness (QED) is 0.815. The maximum Gasteiger partial charge on any atom is 0.257 e. The molecule has 1 amide bonds. The highest BCUT2D eigenvalue weighted by atomic mass is 16.5. The third-order valence-corrected chi connectivity index (χ3v) is 4.27. The monoisotopic (exact) mass is 329 g/mol. The van der Waals surface area contributed by atoms with E-state index in [1.54, 1.807) is 12.1 Å². The lowest BCUT2D eigenvalue weighted by atomic mass is 10.0. The van der Waals surface area contributed by atoms with Crippen LogP contribution in [-0.2, 0) is 0 Å². The Morgan fingerprint density at radius 2 is 2.04 bits per heavy atom. The maximum atomic E-state index is 12.1. The molecule has 0 aliphatic heterocycles. The number of aromatic nitrogens is 2. The van der Waals surface area contributed by atoms with Crippen LogP contribution in [0, 0.1) is 5.92 Å². The molecule has 1 aliphatic carbocycles. The molecule has 0 radical (unpaired) electrons. The first-order chi connectivity index (χ1) is 11.5. The Kier molecular flexibility index (Phi) is 4.94. The molecule has 1 atom stereocenters. The highest BCUT2D eigenvalue weighted by Crippen LogP contribution is 2.38. The van der Waals surface area contributed by atoms with Gasteiger partial charge in [0, 0.05) is 23.6 Å². The molecular weight excluding hydrogens is 306 g/mol. The second-order valence-corrected chi connectivity index (χ2v) is 6.67. The average molecular weight is 329 g/mol. The van der Waals surface area contributed by atoms with Crippen LogP contribution in [0.5, 0.6) is 0 Å². The van der Waals surface area contributed by atoms with Gasteiger partial charge in [-0.1, -0.05) is 19.0 Å². The maximum absolute atomic E-state index is 12.1. The number of rotatable bonds is 7. The van der Waals surface area contributed by atoms with E-state index in [0.29, 0.717) is 30.3 Å². The summed E-state index contributed by atoms with van der Waals surface area (Å²) in [5.74, 6) is 1.76. The van der Waals surface area contributed by atoms with E-state index in [1.807, 2.05) is 26.0 Å². The number of carbonyl (C=O) groups is 1. The van der Waals surface area contributed by atoms with Gasteiger partial charge < -0.3 is 14.9 Å². The molecule has 1 saturated carbocycles. The van der Waals surface area contributed by atoms with Crippen molar-refractivity contribution in [2.75, 3.05) is 6.54 Å². The summed E-state index contributed by atoms with van der Waals surface area (Å²) in [7, 11) is 0. The van der Waals surface area contributed by atoms with Crippen LogP contribution in [0.1, 0.15) is 55.2 Å². The molecule has 3 rings (SSSR count). The van der Waals surface area contributed by atoms with Crippen LogP contribution < -0.4 is 5.32 Å². The lowest BCUT2D eigenvalue weighted by molar-refractivity contribution is 0.0920. The molecule has 2 N–H and O–H groups in total. The summed E-state index contributed by atoms with van der Waals surface area (Å²) < 4.78 is 5.28. The minimum absolute atomic E-state index is 0.151. The summed E-state index contributed by atoms with van der Waals surface area (Å²) in [6.07, 6.45) is 2.41. The number of hydrogen-bond acceptors (Lipinski definition) is 5. The molecule has 128 valence electrons. The van der Waals surface area contributed by atoms with Gasteiger partial charge in [-0.05, 0) is 49.4 Å².